The van der Waals surface area contributed by atoms with Crippen LogP contribution in [-0.2, 0) is 4.74 Å². The minimum absolute atomic E-state index is 0.193. The van der Waals surface area contributed by atoms with E-state index in [1.54, 1.807) is 10.6 Å². The van der Waals surface area contributed by atoms with Gasteiger partial charge in [0.05, 0.1) is 16.6 Å². The van der Waals surface area contributed by atoms with Crippen LogP contribution in [0.3, 0.4) is 0 Å². The second kappa shape index (κ2) is 9.31. The Hall–Kier alpha value is -3.19. The normalized spacial score (nSPS) is 12.5. The summed E-state index contributed by atoms with van der Waals surface area (Å²) in [6.45, 7) is 7.95. The highest BCUT2D eigenvalue weighted by Gasteiger charge is 2.26. The molecule has 0 aliphatic rings. The van der Waals surface area contributed by atoms with Gasteiger partial charge < -0.3 is 15.8 Å². The number of ether oxygens (including phenoxy) is 1. The van der Waals surface area contributed by atoms with Crippen molar-refractivity contribution in [2.75, 3.05) is 6.54 Å². The number of hydrogen-bond acceptors (Lipinski definition) is 5. The molecule has 7 heteroatoms. The van der Waals surface area contributed by atoms with Crippen LogP contribution in [0.1, 0.15) is 51.1 Å². The Bertz CT molecular complexity index is 1120. The van der Waals surface area contributed by atoms with Crippen LogP contribution in [0.2, 0.25) is 0 Å². The van der Waals surface area contributed by atoms with Crippen LogP contribution < -0.4 is 16.6 Å². The second-order valence-corrected chi connectivity index (χ2v) is 8.62. The lowest BCUT2D eigenvalue weighted by Gasteiger charge is -2.25. The molecular formula is C24H30N4O3. The fourth-order valence-corrected chi connectivity index (χ4v) is 3.46. The number of nitrogens with zero attached hydrogens (tertiary/aromatic N) is 2. The summed E-state index contributed by atoms with van der Waals surface area (Å²) >= 11 is 0. The summed E-state index contributed by atoms with van der Waals surface area (Å²) in [5, 5.41) is 3.36. The zero-order valence-electron chi connectivity index (χ0n) is 18.5. The van der Waals surface area contributed by atoms with Crippen molar-refractivity contribution in [3.63, 3.8) is 0 Å². The van der Waals surface area contributed by atoms with E-state index in [4.69, 9.17) is 15.5 Å². The third kappa shape index (κ3) is 5.30. The molecule has 0 saturated carbocycles. The van der Waals surface area contributed by atoms with Crippen molar-refractivity contribution in [1.82, 2.24) is 14.9 Å². The molecule has 2 aromatic carbocycles. The molecular weight excluding hydrogens is 392 g/mol. The molecule has 1 heterocycles. The van der Waals surface area contributed by atoms with Crippen LogP contribution in [0.5, 0.6) is 0 Å². The molecule has 0 radical (unpaired) electrons. The Morgan fingerprint density at radius 3 is 2.52 bits per heavy atom. The van der Waals surface area contributed by atoms with E-state index >= 15 is 0 Å². The number of nitrogens with two attached hydrogens (primary N) is 1. The highest BCUT2D eigenvalue weighted by atomic mass is 16.6. The number of fused-ring (bicyclic) bond motifs is 1. The van der Waals surface area contributed by atoms with Crippen molar-refractivity contribution in [1.29, 1.82) is 0 Å². The van der Waals surface area contributed by atoms with Gasteiger partial charge >= 0.3 is 6.09 Å². The zero-order chi connectivity index (χ0) is 22.6. The Morgan fingerprint density at radius 1 is 1.16 bits per heavy atom. The first-order valence-corrected chi connectivity index (χ1v) is 10.5. The third-order valence-electron chi connectivity index (χ3n) is 4.83. The SMILES string of the molecule is Cc1cccc2nc(C(CCCN)OC(=O)NC(C)(C)C)n(-c3ccccc3)c(=O)c12. The number of nitrogens with one attached hydrogen (secondary N) is 1. The highest BCUT2D eigenvalue weighted by molar-refractivity contribution is 5.81. The summed E-state index contributed by atoms with van der Waals surface area (Å²) in [6.07, 6.45) is -0.231. The van der Waals surface area contributed by atoms with Gasteiger partial charge in [-0.3, -0.25) is 9.36 Å². The molecule has 0 saturated heterocycles. The molecule has 0 bridgehead atoms. The molecule has 0 fully saturated rings. The van der Waals surface area contributed by atoms with Crippen LogP contribution in [0.4, 0.5) is 4.79 Å². The number of para-hydroxylation sites is 1. The van der Waals surface area contributed by atoms with Gasteiger partial charge in [-0.05, 0) is 70.8 Å². The van der Waals surface area contributed by atoms with Crippen molar-refractivity contribution in [2.24, 2.45) is 5.73 Å². The molecule has 164 valence electrons. The van der Waals surface area contributed by atoms with Crippen molar-refractivity contribution in [3.8, 4) is 5.69 Å². The number of aryl methyl sites for hydroxylation is 1. The van der Waals surface area contributed by atoms with Crippen LogP contribution in [0, 0.1) is 6.92 Å². The van der Waals surface area contributed by atoms with Crippen molar-refractivity contribution in [2.45, 2.75) is 52.2 Å². The predicted octanol–water partition coefficient (Wildman–Crippen LogP) is 4.00. The Labute approximate surface area is 182 Å². The van der Waals surface area contributed by atoms with Crippen LogP contribution in [0.15, 0.2) is 53.3 Å². The van der Waals surface area contributed by atoms with Crippen molar-refractivity contribution < 1.29 is 9.53 Å². The number of rotatable bonds is 6. The molecule has 3 aromatic rings. The minimum Gasteiger partial charge on any atom is -0.438 e. The average molecular weight is 423 g/mol. The number of hydrogen-bond donors (Lipinski definition) is 2. The van der Waals surface area contributed by atoms with E-state index in [1.165, 1.54) is 0 Å². The minimum atomic E-state index is -0.733. The molecule has 0 aliphatic carbocycles. The summed E-state index contributed by atoms with van der Waals surface area (Å²) in [7, 11) is 0. The van der Waals surface area contributed by atoms with Crippen LogP contribution in [-0.4, -0.2) is 27.7 Å². The fourth-order valence-electron chi connectivity index (χ4n) is 3.46. The number of carbonyl (C=O) groups excluding carboxylic acids is 1. The lowest BCUT2D eigenvalue weighted by molar-refractivity contribution is 0.0795. The zero-order valence-corrected chi connectivity index (χ0v) is 18.5. The number of carbonyl (C=O) groups is 1. The number of aromatic nitrogens is 2. The molecule has 0 aliphatic heterocycles. The second-order valence-electron chi connectivity index (χ2n) is 8.62. The molecule has 1 unspecified atom stereocenters. The van der Waals surface area contributed by atoms with E-state index in [2.05, 4.69) is 5.32 Å². The quantitative estimate of drug-likeness (QED) is 0.626. The summed E-state index contributed by atoms with van der Waals surface area (Å²) in [5.41, 5.74) is 7.17. The number of amides is 1. The van der Waals surface area contributed by atoms with Gasteiger partial charge in [0.1, 0.15) is 0 Å². The summed E-state index contributed by atoms with van der Waals surface area (Å²) < 4.78 is 7.33. The summed E-state index contributed by atoms with van der Waals surface area (Å²) in [4.78, 5) is 31.0. The lowest BCUT2D eigenvalue weighted by atomic mass is 10.1. The van der Waals surface area contributed by atoms with Gasteiger partial charge in [-0.15, -0.1) is 0 Å². The predicted molar refractivity (Wildman–Crippen MR) is 122 cm³/mol. The molecule has 31 heavy (non-hydrogen) atoms. The van der Waals surface area contributed by atoms with Gasteiger partial charge in [0, 0.05) is 5.54 Å². The molecule has 7 nitrogen and oxygen atoms in total. The van der Waals surface area contributed by atoms with Gasteiger partial charge in [0.2, 0.25) is 0 Å². The first-order valence-electron chi connectivity index (χ1n) is 10.5. The molecule has 0 spiro atoms. The smallest absolute Gasteiger partial charge is 0.408 e. The van der Waals surface area contributed by atoms with E-state index in [0.29, 0.717) is 41.8 Å². The van der Waals surface area contributed by atoms with Gasteiger partial charge in [-0.2, -0.15) is 0 Å². The van der Waals surface area contributed by atoms with Gasteiger partial charge in [0.15, 0.2) is 11.9 Å². The van der Waals surface area contributed by atoms with E-state index in [1.807, 2.05) is 70.2 Å². The lowest BCUT2D eigenvalue weighted by Crippen LogP contribution is -2.41. The molecule has 3 N–H and O–H groups in total. The molecule has 1 atom stereocenters. The first kappa shape index (κ1) is 22.5. The molecule has 3 rings (SSSR count). The van der Waals surface area contributed by atoms with Gasteiger partial charge in [-0.1, -0.05) is 30.3 Å². The maximum absolute atomic E-state index is 13.6. The monoisotopic (exact) mass is 422 g/mol. The maximum atomic E-state index is 13.6. The first-order chi connectivity index (χ1) is 14.7. The maximum Gasteiger partial charge on any atom is 0.408 e. The van der Waals surface area contributed by atoms with Gasteiger partial charge in [-0.25, -0.2) is 9.78 Å². The van der Waals surface area contributed by atoms with Crippen molar-refractivity contribution in [3.05, 3.63) is 70.3 Å². The standard InChI is InChI=1S/C24H30N4O3/c1-16-10-8-13-18-20(16)22(29)28(17-11-6-5-7-12-17)21(26-18)19(14-9-15-25)31-23(30)27-24(2,3)4/h5-8,10-13,19H,9,14-15,25H2,1-4H3,(H,27,30). The molecule has 1 aromatic heterocycles. The van der Waals surface area contributed by atoms with Crippen LogP contribution >= 0.6 is 0 Å². The van der Waals surface area contributed by atoms with E-state index in [9.17, 15) is 9.59 Å². The molecule has 1 amide bonds. The number of benzene rings is 2. The topological polar surface area (TPSA) is 99.2 Å². The van der Waals surface area contributed by atoms with E-state index < -0.39 is 17.7 Å². The Balaban J connectivity index is 2.20. The Morgan fingerprint density at radius 2 is 1.87 bits per heavy atom. The Kier molecular flexibility index (Phi) is 6.75. The van der Waals surface area contributed by atoms with E-state index in [-0.39, 0.29) is 5.56 Å². The van der Waals surface area contributed by atoms with E-state index in [0.717, 1.165) is 5.56 Å². The fraction of sp³-hybridized carbons (Fsp3) is 0.375. The van der Waals surface area contributed by atoms with Crippen molar-refractivity contribution >= 4 is 17.0 Å². The largest absolute Gasteiger partial charge is 0.438 e. The number of alkyl carbamates (subject to hydrolysis) is 1. The van der Waals surface area contributed by atoms with Gasteiger partial charge in [0.25, 0.3) is 5.56 Å². The third-order valence-corrected chi connectivity index (χ3v) is 4.83. The average Bonchev–Trinajstić information content (AvgIpc) is 2.70. The summed E-state index contributed by atoms with van der Waals surface area (Å²) in [5.74, 6) is 0.381. The van der Waals surface area contributed by atoms with Crippen LogP contribution in [0.25, 0.3) is 16.6 Å². The summed E-state index contributed by atoms with van der Waals surface area (Å²) in [6, 6.07) is 14.8. The highest BCUT2D eigenvalue weighted by Crippen LogP contribution is 2.26.